The van der Waals surface area contributed by atoms with Gasteiger partial charge < -0.3 is 10.4 Å². The van der Waals surface area contributed by atoms with Gasteiger partial charge in [-0.2, -0.15) is 9.19 Å². The lowest BCUT2D eigenvalue weighted by Crippen LogP contribution is -2.07. The van der Waals surface area contributed by atoms with Crippen LogP contribution in [0.4, 0.5) is 9.57 Å². The largest absolute Gasteiger partial charge is 0.476 e. The molecule has 1 amide bonds. The molecule has 0 aliphatic heterocycles. The number of hydrogen-bond acceptors (Lipinski definition) is 5. The first-order chi connectivity index (χ1) is 12.0. The van der Waals surface area contributed by atoms with E-state index in [0.29, 0.717) is 16.9 Å². The molecule has 0 aliphatic rings. The highest BCUT2D eigenvalue weighted by Gasteiger charge is 2.18. The van der Waals surface area contributed by atoms with E-state index in [0.717, 1.165) is 10.2 Å². The summed E-state index contributed by atoms with van der Waals surface area (Å²) in [6.07, 6.45) is 2.50. The van der Waals surface area contributed by atoms with Gasteiger partial charge in [-0.15, -0.1) is 3.89 Å². The molecule has 3 aromatic rings. The Kier molecular flexibility index (Phi) is 4.48. The number of fused-ring (bicyclic) bond motifs is 1. The SMILES string of the molecule is C=CC(=O)Nc1cccc(-c2cc3c(C(=O)O)nn(SF)c3cn2)c1. The van der Waals surface area contributed by atoms with Crippen LogP contribution >= 0.6 is 12.3 Å². The van der Waals surface area contributed by atoms with Crippen molar-refractivity contribution >= 4 is 40.8 Å². The van der Waals surface area contributed by atoms with Crippen LogP contribution in [0.3, 0.4) is 0 Å². The van der Waals surface area contributed by atoms with Gasteiger partial charge in [0.2, 0.25) is 5.91 Å². The van der Waals surface area contributed by atoms with E-state index in [1.165, 1.54) is 12.3 Å². The number of pyridine rings is 1. The fourth-order valence-electron chi connectivity index (χ4n) is 2.31. The van der Waals surface area contributed by atoms with Gasteiger partial charge in [0, 0.05) is 16.6 Å². The Morgan fingerprint density at radius 1 is 1.36 bits per heavy atom. The summed E-state index contributed by atoms with van der Waals surface area (Å²) in [5, 5.41) is 15.8. The molecule has 3 rings (SSSR count). The van der Waals surface area contributed by atoms with Gasteiger partial charge >= 0.3 is 5.97 Å². The quantitative estimate of drug-likeness (QED) is 0.679. The van der Waals surface area contributed by atoms with E-state index in [4.69, 9.17) is 0 Å². The smallest absolute Gasteiger partial charge is 0.357 e. The lowest BCUT2D eigenvalue weighted by atomic mass is 10.1. The molecule has 9 heteroatoms. The van der Waals surface area contributed by atoms with Crippen molar-refractivity contribution < 1.29 is 18.6 Å². The fourth-order valence-corrected chi connectivity index (χ4v) is 2.64. The average molecular weight is 358 g/mol. The van der Waals surface area contributed by atoms with E-state index in [9.17, 15) is 18.6 Å². The second-order valence-electron chi connectivity index (χ2n) is 4.96. The zero-order valence-corrected chi connectivity index (χ0v) is 13.5. The minimum atomic E-state index is -1.26. The topological polar surface area (TPSA) is 97.1 Å². The molecule has 0 atom stereocenters. The maximum Gasteiger partial charge on any atom is 0.357 e. The zero-order chi connectivity index (χ0) is 18.0. The number of carbonyl (C=O) groups is 2. The molecular formula is C16H11FN4O3S. The fraction of sp³-hybridized carbons (Fsp3) is 0. The van der Waals surface area contributed by atoms with Gasteiger partial charge in [-0.25, -0.2) is 4.79 Å². The number of halogens is 1. The van der Waals surface area contributed by atoms with E-state index >= 15 is 0 Å². The second-order valence-corrected chi connectivity index (χ2v) is 5.44. The minimum Gasteiger partial charge on any atom is -0.476 e. The summed E-state index contributed by atoms with van der Waals surface area (Å²) in [4.78, 5) is 26.9. The Balaban J connectivity index is 2.09. The van der Waals surface area contributed by atoms with Crippen molar-refractivity contribution in [1.29, 1.82) is 0 Å². The number of carboxylic acid groups (broad SMARTS) is 1. The van der Waals surface area contributed by atoms with Crippen molar-refractivity contribution in [2.75, 3.05) is 5.32 Å². The zero-order valence-electron chi connectivity index (χ0n) is 12.6. The van der Waals surface area contributed by atoms with Crippen LogP contribution < -0.4 is 5.32 Å². The molecule has 1 aromatic carbocycles. The molecule has 2 heterocycles. The standard InChI is InChI=1S/C16H11FN4O3S/c1-2-14(22)19-10-5-3-4-9(6-10)12-7-11-13(8-18-12)21(25-17)20-15(11)16(23)24/h2-8H,1H2,(H,19,22)(H,23,24). The van der Waals surface area contributed by atoms with Crippen molar-refractivity contribution in [2.24, 2.45) is 0 Å². The Morgan fingerprint density at radius 3 is 2.84 bits per heavy atom. The lowest BCUT2D eigenvalue weighted by Gasteiger charge is -2.06. The Hall–Kier alpha value is -3.20. The molecule has 0 fully saturated rings. The van der Waals surface area contributed by atoms with Crippen LogP contribution in [0, 0.1) is 0 Å². The van der Waals surface area contributed by atoms with Crippen molar-refractivity contribution in [1.82, 2.24) is 14.2 Å². The summed E-state index contributed by atoms with van der Waals surface area (Å²) < 4.78 is 13.8. The highest BCUT2D eigenvalue weighted by atomic mass is 32.2. The third-order valence-corrected chi connectivity index (χ3v) is 3.82. The summed E-state index contributed by atoms with van der Waals surface area (Å²) in [6.45, 7) is 3.39. The van der Waals surface area contributed by atoms with Crippen molar-refractivity contribution in [3.8, 4) is 11.3 Å². The van der Waals surface area contributed by atoms with Crippen LogP contribution in [-0.2, 0) is 4.79 Å². The first-order valence-corrected chi connectivity index (χ1v) is 7.66. The number of benzene rings is 1. The number of hydrogen-bond donors (Lipinski definition) is 2. The van der Waals surface area contributed by atoms with Crippen LogP contribution in [0.25, 0.3) is 22.2 Å². The van der Waals surface area contributed by atoms with Crippen LogP contribution in [-0.4, -0.2) is 31.2 Å². The molecule has 2 N–H and O–H groups in total. The van der Waals surface area contributed by atoms with Crippen LogP contribution in [0.5, 0.6) is 0 Å². The van der Waals surface area contributed by atoms with Crippen LogP contribution in [0.1, 0.15) is 10.5 Å². The summed E-state index contributed by atoms with van der Waals surface area (Å²) in [5.41, 5.74) is 1.65. The summed E-state index contributed by atoms with van der Waals surface area (Å²) in [6, 6.07) is 8.38. The number of aromatic carboxylic acids is 1. The molecule has 0 bridgehead atoms. The monoisotopic (exact) mass is 358 g/mol. The maximum absolute atomic E-state index is 12.9. The number of carbonyl (C=O) groups excluding carboxylic acids is 1. The van der Waals surface area contributed by atoms with Crippen molar-refractivity contribution in [3.63, 3.8) is 0 Å². The molecule has 25 heavy (non-hydrogen) atoms. The molecule has 7 nitrogen and oxygen atoms in total. The van der Waals surface area contributed by atoms with E-state index in [1.807, 2.05) is 0 Å². The number of nitrogens with one attached hydrogen (secondary N) is 1. The molecule has 0 aliphatic carbocycles. The van der Waals surface area contributed by atoms with Crippen molar-refractivity contribution in [3.05, 3.63) is 54.9 Å². The van der Waals surface area contributed by atoms with Crippen LogP contribution in [0.15, 0.2) is 49.2 Å². The normalized spacial score (nSPS) is 10.6. The van der Waals surface area contributed by atoms with Gasteiger partial charge in [-0.3, -0.25) is 9.78 Å². The number of rotatable bonds is 5. The van der Waals surface area contributed by atoms with Crippen LogP contribution in [0.2, 0.25) is 0 Å². The summed E-state index contributed by atoms with van der Waals surface area (Å²) in [7, 11) is 0. The van der Waals surface area contributed by atoms with Gasteiger partial charge in [0.1, 0.15) is 5.52 Å². The van der Waals surface area contributed by atoms with Gasteiger partial charge in [0.15, 0.2) is 18.0 Å². The summed E-state index contributed by atoms with van der Waals surface area (Å²) in [5.74, 6) is -1.61. The van der Waals surface area contributed by atoms with E-state index in [1.54, 1.807) is 24.3 Å². The molecule has 2 aromatic heterocycles. The molecule has 126 valence electrons. The van der Waals surface area contributed by atoms with Gasteiger partial charge in [-0.1, -0.05) is 18.7 Å². The van der Waals surface area contributed by atoms with Gasteiger partial charge in [-0.05, 0) is 24.3 Å². The molecule has 0 saturated carbocycles. The number of amides is 1. The molecule has 0 unspecified atom stereocenters. The number of carboxylic acids is 1. The Bertz CT molecular complexity index is 1000. The number of anilines is 1. The minimum absolute atomic E-state index is 0.205. The molecule has 0 saturated heterocycles. The lowest BCUT2D eigenvalue weighted by molar-refractivity contribution is -0.111. The van der Waals surface area contributed by atoms with Gasteiger partial charge in [0.05, 0.1) is 11.9 Å². The first-order valence-electron chi connectivity index (χ1n) is 6.98. The highest BCUT2D eigenvalue weighted by Crippen LogP contribution is 2.28. The maximum atomic E-state index is 12.9. The Labute approximate surface area is 145 Å². The highest BCUT2D eigenvalue weighted by molar-refractivity contribution is 7.92. The summed E-state index contributed by atoms with van der Waals surface area (Å²) >= 11 is -0.205. The van der Waals surface area contributed by atoms with Gasteiger partial charge in [0.25, 0.3) is 0 Å². The van der Waals surface area contributed by atoms with E-state index < -0.39 is 5.97 Å². The number of aromatic nitrogens is 3. The predicted octanol–water partition coefficient (Wildman–Crippen LogP) is 3.30. The first kappa shape index (κ1) is 16.7. The number of nitrogens with zero attached hydrogens (tertiary/aromatic N) is 3. The predicted molar refractivity (Wildman–Crippen MR) is 92.8 cm³/mol. The molecular weight excluding hydrogens is 347 g/mol. The van der Waals surface area contributed by atoms with Crippen molar-refractivity contribution in [2.45, 2.75) is 0 Å². The Morgan fingerprint density at radius 2 is 2.16 bits per heavy atom. The third kappa shape index (κ3) is 3.22. The average Bonchev–Trinajstić information content (AvgIpc) is 3.00. The van der Waals surface area contributed by atoms with E-state index in [2.05, 4.69) is 22.0 Å². The molecule has 0 spiro atoms. The second kappa shape index (κ2) is 6.73. The third-order valence-electron chi connectivity index (χ3n) is 3.41. The molecule has 0 radical (unpaired) electrons. The van der Waals surface area contributed by atoms with E-state index in [-0.39, 0.29) is 34.8 Å².